The molecule has 2 aromatic rings. The normalized spacial score (nSPS) is 10.5. The van der Waals surface area contributed by atoms with E-state index in [1.54, 1.807) is 6.20 Å². The number of carbonyl (C=O) groups excluding carboxylic acids is 1. The Kier molecular flexibility index (Phi) is 6.55. The van der Waals surface area contributed by atoms with Crippen LogP contribution in [0, 0.1) is 6.92 Å². The maximum absolute atomic E-state index is 12.5. The van der Waals surface area contributed by atoms with E-state index in [-0.39, 0.29) is 5.91 Å². The molecule has 1 aromatic carbocycles. The van der Waals surface area contributed by atoms with Crippen LogP contribution in [0.15, 0.2) is 30.6 Å². The molecule has 24 heavy (non-hydrogen) atoms. The molecule has 0 saturated carbocycles. The highest BCUT2D eigenvalue weighted by atomic mass is 35.5. The molecule has 0 atom stereocenters. The number of halogens is 1. The van der Waals surface area contributed by atoms with Gasteiger partial charge in [0.1, 0.15) is 11.5 Å². The molecule has 5 nitrogen and oxygen atoms in total. The summed E-state index contributed by atoms with van der Waals surface area (Å²) >= 11 is 6.11. The summed E-state index contributed by atoms with van der Waals surface area (Å²) in [5.41, 5.74) is 2.21. The molecule has 0 aliphatic carbocycles. The Balaban J connectivity index is 2.09. The number of benzene rings is 1. The number of carbonyl (C=O) groups is 1. The van der Waals surface area contributed by atoms with E-state index in [9.17, 15) is 4.79 Å². The molecule has 0 saturated heterocycles. The fraction of sp³-hybridized carbons (Fsp3) is 0.389. The molecule has 128 valence electrons. The predicted octanol–water partition coefficient (Wildman–Crippen LogP) is 4.44. The zero-order valence-electron chi connectivity index (χ0n) is 14.3. The summed E-state index contributed by atoms with van der Waals surface area (Å²) in [4.78, 5) is 22.8. The van der Waals surface area contributed by atoms with Crippen LogP contribution < -0.4 is 5.32 Å². The van der Waals surface area contributed by atoms with Gasteiger partial charge in [-0.2, -0.15) is 0 Å². The van der Waals surface area contributed by atoms with Crippen molar-refractivity contribution in [3.63, 3.8) is 0 Å². The largest absolute Gasteiger partial charge is 0.339 e. The highest BCUT2D eigenvalue weighted by molar-refractivity contribution is 6.31. The van der Waals surface area contributed by atoms with Crippen LogP contribution in [-0.2, 0) is 0 Å². The highest BCUT2D eigenvalue weighted by Gasteiger charge is 2.16. The first kappa shape index (κ1) is 18.2. The molecule has 1 N–H and O–H groups in total. The van der Waals surface area contributed by atoms with Gasteiger partial charge in [-0.1, -0.05) is 31.5 Å². The van der Waals surface area contributed by atoms with Gasteiger partial charge >= 0.3 is 0 Å². The Morgan fingerprint density at radius 3 is 2.42 bits per heavy atom. The fourth-order valence-corrected chi connectivity index (χ4v) is 2.52. The summed E-state index contributed by atoms with van der Waals surface area (Å²) in [5, 5.41) is 3.82. The average molecular weight is 347 g/mol. The van der Waals surface area contributed by atoms with E-state index < -0.39 is 0 Å². The van der Waals surface area contributed by atoms with Crippen LogP contribution in [0.3, 0.4) is 0 Å². The summed E-state index contributed by atoms with van der Waals surface area (Å²) in [6.45, 7) is 7.53. The second-order valence-corrected chi connectivity index (χ2v) is 6.08. The zero-order chi connectivity index (χ0) is 17.5. The minimum absolute atomic E-state index is 0.0730. The van der Waals surface area contributed by atoms with Gasteiger partial charge in [-0.15, -0.1) is 0 Å². The topological polar surface area (TPSA) is 58.1 Å². The van der Waals surface area contributed by atoms with Crippen LogP contribution in [-0.4, -0.2) is 33.9 Å². The lowest BCUT2D eigenvalue weighted by molar-refractivity contribution is 0.0749. The molecule has 0 bridgehead atoms. The number of hydrogen-bond donors (Lipinski definition) is 1. The first-order valence-corrected chi connectivity index (χ1v) is 8.57. The third kappa shape index (κ3) is 4.68. The van der Waals surface area contributed by atoms with E-state index in [4.69, 9.17) is 11.6 Å². The summed E-state index contributed by atoms with van der Waals surface area (Å²) in [6, 6.07) is 5.69. The lowest BCUT2D eigenvalue weighted by atomic mass is 10.2. The molecular formula is C18H23ClN4O. The first-order valence-electron chi connectivity index (χ1n) is 8.19. The SMILES string of the molecule is CCCN(CCC)C(=O)c1cnc(Nc2ccc(C)c(Cl)c2)cn1. The van der Waals surface area contributed by atoms with Gasteiger partial charge in [0.2, 0.25) is 0 Å². The van der Waals surface area contributed by atoms with Gasteiger partial charge in [-0.3, -0.25) is 4.79 Å². The maximum Gasteiger partial charge on any atom is 0.274 e. The smallest absolute Gasteiger partial charge is 0.274 e. The Labute approximate surface area is 148 Å². The fourth-order valence-electron chi connectivity index (χ4n) is 2.34. The van der Waals surface area contributed by atoms with Crippen LogP contribution >= 0.6 is 11.6 Å². The summed E-state index contributed by atoms with van der Waals surface area (Å²) in [6.07, 6.45) is 4.93. The number of amides is 1. The maximum atomic E-state index is 12.5. The van der Waals surface area contributed by atoms with E-state index in [1.165, 1.54) is 6.20 Å². The number of rotatable bonds is 7. The molecule has 0 radical (unpaired) electrons. The van der Waals surface area contributed by atoms with Crippen LogP contribution in [0.2, 0.25) is 5.02 Å². The lowest BCUT2D eigenvalue weighted by Crippen LogP contribution is -2.33. The lowest BCUT2D eigenvalue weighted by Gasteiger charge is -2.20. The molecule has 2 rings (SSSR count). The van der Waals surface area contributed by atoms with Gasteiger partial charge in [0, 0.05) is 23.8 Å². The highest BCUT2D eigenvalue weighted by Crippen LogP contribution is 2.22. The third-order valence-electron chi connectivity index (χ3n) is 3.59. The van der Waals surface area contributed by atoms with Gasteiger partial charge < -0.3 is 10.2 Å². The Morgan fingerprint density at radius 1 is 1.17 bits per heavy atom. The van der Waals surface area contributed by atoms with Crippen LogP contribution in [0.1, 0.15) is 42.7 Å². The van der Waals surface area contributed by atoms with Crippen LogP contribution in [0.5, 0.6) is 0 Å². The van der Waals surface area contributed by atoms with Crippen molar-refractivity contribution in [2.75, 3.05) is 18.4 Å². The molecular weight excluding hydrogens is 324 g/mol. The van der Waals surface area contributed by atoms with Crippen molar-refractivity contribution < 1.29 is 4.79 Å². The Bertz CT molecular complexity index is 682. The molecule has 0 spiro atoms. The number of nitrogens with zero attached hydrogens (tertiary/aromatic N) is 3. The monoisotopic (exact) mass is 346 g/mol. The van der Waals surface area contributed by atoms with E-state index >= 15 is 0 Å². The number of aromatic nitrogens is 2. The minimum Gasteiger partial charge on any atom is -0.339 e. The average Bonchev–Trinajstić information content (AvgIpc) is 2.58. The second kappa shape index (κ2) is 8.64. The number of anilines is 2. The van der Waals surface area contributed by atoms with E-state index in [2.05, 4.69) is 29.1 Å². The van der Waals surface area contributed by atoms with Crippen molar-refractivity contribution in [3.8, 4) is 0 Å². The van der Waals surface area contributed by atoms with Crippen molar-refractivity contribution in [2.45, 2.75) is 33.6 Å². The second-order valence-electron chi connectivity index (χ2n) is 5.67. The minimum atomic E-state index is -0.0730. The molecule has 6 heteroatoms. The van der Waals surface area contributed by atoms with Crippen molar-refractivity contribution in [2.24, 2.45) is 0 Å². The van der Waals surface area contributed by atoms with E-state index in [1.807, 2.05) is 30.0 Å². The summed E-state index contributed by atoms with van der Waals surface area (Å²) in [5.74, 6) is 0.500. The van der Waals surface area contributed by atoms with Gasteiger partial charge in [0.05, 0.1) is 12.4 Å². The van der Waals surface area contributed by atoms with Gasteiger partial charge in [-0.25, -0.2) is 9.97 Å². The van der Waals surface area contributed by atoms with E-state index in [0.29, 0.717) is 16.5 Å². The van der Waals surface area contributed by atoms with Crippen molar-refractivity contribution in [1.82, 2.24) is 14.9 Å². The van der Waals surface area contributed by atoms with Crippen molar-refractivity contribution in [3.05, 3.63) is 46.9 Å². The molecule has 1 amide bonds. The Morgan fingerprint density at radius 2 is 1.88 bits per heavy atom. The predicted molar refractivity (Wildman–Crippen MR) is 98.0 cm³/mol. The molecule has 0 fully saturated rings. The number of hydrogen-bond acceptors (Lipinski definition) is 4. The standard InChI is InChI=1S/C18H23ClN4O/c1-4-8-23(9-5-2)18(24)16-11-21-17(12-20-16)22-14-7-6-13(3)15(19)10-14/h6-7,10-12H,4-5,8-9H2,1-3H3,(H,21,22). The summed E-state index contributed by atoms with van der Waals surface area (Å²) < 4.78 is 0. The van der Waals surface area contributed by atoms with Crippen molar-refractivity contribution >= 4 is 29.0 Å². The molecule has 1 aromatic heterocycles. The molecule has 0 aliphatic rings. The zero-order valence-corrected chi connectivity index (χ0v) is 15.1. The molecule has 1 heterocycles. The number of aryl methyl sites for hydroxylation is 1. The third-order valence-corrected chi connectivity index (χ3v) is 4.00. The quantitative estimate of drug-likeness (QED) is 0.805. The first-order chi connectivity index (χ1) is 11.5. The van der Waals surface area contributed by atoms with Crippen LogP contribution in [0.25, 0.3) is 0 Å². The van der Waals surface area contributed by atoms with E-state index in [0.717, 1.165) is 37.2 Å². The number of nitrogens with one attached hydrogen (secondary N) is 1. The molecule has 0 aliphatic heterocycles. The Hall–Kier alpha value is -2.14. The van der Waals surface area contributed by atoms with Gasteiger partial charge in [-0.05, 0) is 37.5 Å². The van der Waals surface area contributed by atoms with Crippen molar-refractivity contribution in [1.29, 1.82) is 0 Å². The van der Waals surface area contributed by atoms with Gasteiger partial charge in [0.25, 0.3) is 5.91 Å². The summed E-state index contributed by atoms with van der Waals surface area (Å²) in [7, 11) is 0. The van der Waals surface area contributed by atoms with Gasteiger partial charge in [0.15, 0.2) is 0 Å². The molecule has 0 unspecified atom stereocenters. The van der Waals surface area contributed by atoms with Crippen LogP contribution in [0.4, 0.5) is 11.5 Å².